The van der Waals surface area contributed by atoms with Gasteiger partial charge in [-0.05, 0) is 104 Å². The maximum atomic E-state index is 14.4. The maximum absolute atomic E-state index is 14.4. The van der Waals surface area contributed by atoms with Crippen molar-refractivity contribution in [1.82, 2.24) is 4.57 Å². The summed E-state index contributed by atoms with van der Waals surface area (Å²) in [7, 11) is 0. The second-order valence-electron chi connectivity index (χ2n) is 12.4. The summed E-state index contributed by atoms with van der Waals surface area (Å²) in [4.78, 5) is 11.6. The first-order chi connectivity index (χ1) is 19.9. The van der Waals surface area contributed by atoms with E-state index in [9.17, 15) is 14.3 Å². The van der Waals surface area contributed by atoms with Crippen LogP contribution in [0.2, 0.25) is 0 Å². The van der Waals surface area contributed by atoms with Crippen LogP contribution in [0.5, 0.6) is 5.75 Å². The molecule has 0 bridgehead atoms. The van der Waals surface area contributed by atoms with E-state index in [1.807, 2.05) is 37.3 Å². The summed E-state index contributed by atoms with van der Waals surface area (Å²) in [6.45, 7) is 3.74. The number of fused-ring (bicyclic) bond motifs is 1. The van der Waals surface area contributed by atoms with Crippen LogP contribution in [-0.4, -0.2) is 28.9 Å². The van der Waals surface area contributed by atoms with Gasteiger partial charge in [0.25, 0.3) is 0 Å². The summed E-state index contributed by atoms with van der Waals surface area (Å²) < 4.78 is 29.1. The Morgan fingerprint density at radius 3 is 2.46 bits per heavy atom. The fourth-order valence-corrected chi connectivity index (χ4v) is 7.73. The van der Waals surface area contributed by atoms with Gasteiger partial charge in [0, 0.05) is 35.9 Å². The number of benzene rings is 3. The molecule has 1 aromatic heterocycles. The van der Waals surface area contributed by atoms with E-state index in [1.165, 1.54) is 11.3 Å². The third kappa shape index (κ3) is 4.62. The van der Waals surface area contributed by atoms with Crippen LogP contribution in [0.3, 0.4) is 0 Å². The Morgan fingerprint density at radius 2 is 1.76 bits per heavy atom. The molecule has 1 aliphatic heterocycles. The topological polar surface area (TPSA) is 60.7 Å². The van der Waals surface area contributed by atoms with Crippen LogP contribution in [0, 0.1) is 24.1 Å². The van der Waals surface area contributed by atoms with Crippen LogP contribution < -0.4 is 4.74 Å². The Kier molecular flexibility index (Phi) is 6.61. The Bertz CT molecular complexity index is 1590. The molecule has 41 heavy (non-hydrogen) atoms. The number of nitrogens with zero attached hydrogens (tertiary/aromatic N) is 1. The van der Waals surface area contributed by atoms with Gasteiger partial charge in [0.2, 0.25) is 0 Å². The molecule has 3 aromatic carbocycles. The second-order valence-corrected chi connectivity index (χ2v) is 12.4. The number of carboxylic acids is 1. The lowest BCUT2D eigenvalue weighted by Gasteiger charge is -2.57. The van der Waals surface area contributed by atoms with Crippen LogP contribution in [-0.2, 0) is 16.1 Å². The van der Waals surface area contributed by atoms with E-state index >= 15 is 0 Å². The predicted octanol–water partition coefficient (Wildman–Crippen LogP) is 7.91. The largest absolute Gasteiger partial charge is 0.488 e. The van der Waals surface area contributed by atoms with Crippen LogP contribution in [0.15, 0.2) is 66.7 Å². The second kappa shape index (κ2) is 10.3. The fourth-order valence-electron chi connectivity index (χ4n) is 7.73. The molecule has 4 aromatic rings. The average Bonchev–Trinajstić information content (AvgIpc) is 3.28. The van der Waals surface area contributed by atoms with E-state index in [0.29, 0.717) is 24.0 Å². The van der Waals surface area contributed by atoms with E-state index in [4.69, 9.17) is 9.47 Å². The summed E-state index contributed by atoms with van der Waals surface area (Å²) in [6, 6.07) is 21.9. The van der Waals surface area contributed by atoms with Crippen molar-refractivity contribution in [2.45, 2.75) is 63.9 Å². The maximum Gasteiger partial charge on any atom is 0.306 e. The zero-order chi connectivity index (χ0) is 28.1. The monoisotopic (exact) mass is 553 g/mol. The van der Waals surface area contributed by atoms with E-state index < -0.39 is 5.97 Å². The lowest BCUT2D eigenvalue weighted by atomic mass is 9.47. The molecule has 0 radical (unpaired) electrons. The summed E-state index contributed by atoms with van der Waals surface area (Å²) in [5.41, 5.74) is 6.54. The minimum atomic E-state index is -0.665. The van der Waals surface area contributed by atoms with Crippen LogP contribution in [0.4, 0.5) is 4.39 Å². The highest BCUT2D eigenvalue weighted by atomic mass is 19.1. The lowest BCUT2D eigenvalue weighted by Crippen LogP contribution is -2.49. The number of ether oxygens (including phenoxy) is 2. The molecule has 0 unspecified atom stereocenters. The van der Waals surface area contributed by atoms with Crippen molar-refractivity contribution < 1.29 is 23.8 Å². The van der Waals surface area contributed by atoms with Crippen molar-refractivity contribution in [3.63, 3.8) is 0 Å². The number of halogens is 1. The van der Waals surface area contributed by atoms with Crippen LogP contribution in [0.1, 0.15) is 72.7 Å². The first-order valence-electron chi connectivity index (χ1n) is 14.8. The molecule has 7 rings (SSSR count). The molecule has 3 fully saturated rings. The Labute approximate surface area is 239 Å². The molecular formula is C35H36FNO4. The van der Waals surface area contributed by atoms with Gasteiger partial charge in [-0.25, -0.2) is 4.39 Å². The van der Waals surface area contributed by atoms with Gasteiger partial charge in [-0.2, -0.15) is 0 Å². The minimum absolute atomic E-state index is 0.140. The van der Waals surface area contributed by atoms with Gasteiger partial charge < -0.3 is 19.1 Å². The lowest BCUT2D eigenvalue weighted by molar-refractivity contribution is -0.155. The highest BCUT2D eigenvalue weighted by molar-refractivity contribution is 5.94. The standard InChI is InChI=1S/C35H36FNO4/c1-22-16-27(10-11-28(22)36)37-29-8-5-9-30(41-21-23-6-3-2-4-7-23)32(29)31(33(37)24-12-14-40-15-13-24)25-17-35(18-25)19-26(20-35)34(38)39/h2-11,16,24-26H,12-15,17-21H2,1H3,(H,38,39). The quantitative estimate of drug-likeness (QED) is 0.253. The van der Waals surface area contributed by atoms with Gasteiger partial charge in [0.15, 0.2) is 0 Å². The summed E-state index contributed by atoms with van der Waals surface area (Å²) in [5.74, 6) is 0.424. The highest BCUT2D eigenvalue weighted by Gasteiger charge is 2.56. The van der Waals surface area contributed by atoms with Crippen LogP contribution >= 0.6 is 0 Å². The van der Waals surface area contributed by atoms with E-state index in [2.05, 4.69) is 34.9 Å². The number of aliphatic carboxylic acids is 1. The van der Waals surface area contributed by atoms with Crippen molar-refractivity contribution in [1.29, 1.82) is 0 Å². The number of carbonyl (C=O) groups is 1. The Morgan fingerprint density at radius 1 is 1.00 bits per heavy atom. The van der Waals surface area contributed by atoms with Crippen molar-refractivity contribution >= 4 is 16.9 Å². The zero-order valence-corrected chi connectivity index (χ0v) is 23.4. The molecule has 1 N–H and O–H groups in total. The first kappa shape index (κ1) is 26.3. The predicted molar refractivity (Wildman–Crippen MR) is 156 cm³/mol. The van der Waals surface area contributed by atoms with E-state index in [0.717, 1.165) is 79.6 Å². The number of carboxylic acid groups (broad SMARTS) is 1. The SMILES string of the molecule is Cc1cc(-n2c(C3CCOCC3)c(C3CC4(CC(C(=O)O)C4)C3)c3c(OCc4ccccc4)cccc32)ccc1F. The van der Waals surface area contributed by atoms with Crippen LogP contribution in [0.25, 0.3) is 16.6 Å². The number of hydrogen-bond acceptors (Lipinski definition) is 3. The van der Waals surface area contributed by atoms with E-state index in [1.54, 1.807) is 6.07 Å². The van der Waals surface area contributed by atoms with Gasteiger partial charge in [-0.15, -0.1) is 0 Å². The molecule has 1 spiro atoms. The summed E-state index contributed by atoms with van der Waals surface area (Å²) >= 11 is 0. The van der Waals surface area contributed by atoms with Gasteiger partial charge in [0.1, 0.15) is 18.2 Å². The van der Waals surface area contributed by atoms with Crippen molar-refractivity contribution in [2.24, 2.45) is 11.3 Å². The normalized spacial score (nSPS) is 24.2. The average molecular weight is 554 g/mol. The smallest absolute Gasteiger partial charge is 0.306 e. The zero-order valence-electron chi connectivity index (χ0n) is 23.4. The fraction of sp³-hybridized carbons (Fsp3) is 0.400. The van der Waals surface area contributed by atoms with Crippen molar-refractivity contribution in [2.75, 3.05) is 13.2 Å². The summed E-state index contributed by atoms with van der Waals surface area (Å²) in [6.07, 6.45) is 5.42. The molecule has 3 aliphatic rings. The number of aryl methyl sites for hydroxylation is 1. The van der Waals surface area contributed by atoms with Gasteiger partial charge in [-0.3, -0.25) is 4.79 Å². The summed E-state index contributed by atoms with van der Waals surface area (Å²) in [5, 5.41) is 10.7. The molecule has 0 amide bonds. The van der Waals surface area contributed by atoms with Gasteiger partial charge in [-0.1, -0.05) is 36.4 Å². The molecule has 2 heterocycles. The number of aromatic nitrogens is 1. The number of hydrogen-bond donors (Lipinski definition) is 1. The molecule has 5 nitrogen and oxygen atoms in total. The molecule has 0 atom stereocenters. The molecule has 6 heteroatoms. The number of rotatable bonds is 7. The molecule has 1 saturated heterocycles. The third-order valence-corrected chi connectivity index (χ3v) is 9.75. The van der Waals surface area contributed by atoms with E-state index in [-0.39, 0.29) is 17.2 Å². The van der Waals surface area contributed by atoms with Crippen molar-refractivity contribution in [3.8, 4) is 11.4 Å². The Hall–Kier alpha value is -3.64. The molecular weight excluding hydrogens is 517 g/mol. The molecule has 2 aliphatic carbocycles. The van der Waals surface area contributed by atoms with Gasteiger partial charge in [0.05, 0.1) is 11.4 Å². The van der Waals surface area contributed by atoms with Gasteiger partial charge >= 0.3 is 5.97 Å². The van der Waals surface area contributed by atoms with Crippen molar-refractivity contribution in [3.05, 3.63) is 94.9 Å². The molecule has 212 valence electrons. The highest BCUT2D eigenvalue weighted by Crippen LogP contribution is 2.66. The Balaban J connectivity index is 1.38. The molecule has 2 saturated carbocycles. The third-order valence-electron chi connectivity index (χ3n) is 9.75. The minimum Gasteiger partial charge on any atom is -0.488 e. The first-order valence-corrected chi connectivity index (χ1v) is 14.8.